The molecule has 0 saturated carbocycles. The third-order valence-electron chi connectivity index (χ3n) is 4.27. The van der Waals surface area contributed by atoms with Crippen LogP contribution in [0.15, 0.2) is 30.3 Å². The van der Waals surface area contributed by atoms with E-state index in [1.807, 2.05) is 0 Å². The van der Waals surface area contributed by atoms with Gasteiger partial charge in [0.15, 0.2) is 0 Å². The number of hydrogen-bond donors (Lipinski definition) is 1. The lowest BCUT2D eigenvalue weighted by Gasteiger charge is -2.19. The van der Waals surface area contributed by atoms with Gasteiger partial charge >= 0.3 is 12.1 Å². The molecule has 1 atom stereocenters. The molecule has 0 unspecified atom stereocenters. The Bertz CT molecular complexity index is 833. The SMILES string of the molecule is CCOC(=O)C[C@H](N)c1cc(-c2c(C)cccc2C)cc(C(F)(F)F)c1F.Cl. The number of ether oxygens (including phenoxy) is 1. The van der Waals surface area contributed by atoms with Gasteiger partial charge in [0.25, 0.3) is 0 Å². The minimum Gasteiger partial charge on any atom is -0.466 e. The summed E-state index contributed by atoms with van der Waals surface area (Å²) < 4.78 is 59.6. The molecule has 2 rings (SSSR count). The first-order valence-corrected chi connectivity index (χ1v) is 8.44. The first kappa shape index (κ1) is 23.9. The van der Waals surface area contributed by atoms with Crippen LogP contribution in [0.4, 0.5) is 17.6 Å². The topological polar surface area (TPSA) is 52.3 Å². The molecule has 2 N–H and O–H groups in total. The van der Waals surface area contributed by atoms with E-state index in [0.29, 0.717) is 5.56 Å². The number of carbonyl (C=O) groups is 1. The second-order valence-corrected chi connectivity index (χ2v) is 6.31. The molecule has 28 heavy (non-hydrogen) atoms. The molecule has 0 spiro atoms. The van der Waals surface area contributed by atoms with E-state index in [0.717, 1.165) is 17.2 Å². The van der Waals surface area contributed by atoms with E-state index in [4.69, 9.17) is 10.5 Å². The summed E-state index contributed by atoms with van der Waals surface area (Å²) in [6.07, 6.45) is -5.31. The molecule has 0 amide bonds. The van der Waals surface area contributed by atoms with Crippen molar-refractivity contribution in [3.8, 4) is 11.1 Å². The molecular formula is C20H22ClF4NO2. The Morgan fingerprint density at radius 3 is 2.25 bits per heavy atom. The fourth-order valence-electron chi connectivity index (χ4n) is 3.05. The van der Waals surface area contributed by atoms with Crippen LogP contribution in [-0.2, 0) is 15.7 Å². The van der Waals surface area contributed by atoms with Gasteiger partial charge in [-0.3, -0.25) is 4.79 Å². The van der Waals surface area contributed by atoms with Crippen molar-refractivity contribution in [1.82, 2.24) is 0 Å². The zero-order valence-corrected chi connectivity index (χ0v) is 16.5. The fraction of sp³-hybridized carbons (Fsp3) is 0.350. The second kappa shape index (κ2) is 9.39. The van der Waals surface area contributed by atoms with Crippen LogP contribution < -0.4 is 5.73 Å². The van der Waals surface area contributed by atoms with Crippen molar-refractivity contribution in [1.29, 1.82) is 0 Å². The summed E-state index contributed by atoms with van der Waals surface area (Å²) in [5.41, 5.74) is 6.36. The van der Waals surface area contributed by atoms with Crippen LogP contribution >= 0.6 is 12.4 Å². The summed E-state index contributed by atoms with van der Waals surface area (Å²) in [6.45, 7) is 5.21. The van der Waals surface area contributed by atoms with Crippen molar-refractivity contribution in [2.75, 3.05) is 6.61 Å². The van der Waals surface area contributed by atoms with Gasteiger partial charge in [0, 0.05) is 11.6 Å². The second-order valence-electron chi connectivity index (χ2n) is 6.31. The van der Waals surface area contributed by atoms with Gasteiger partial charge < -0.3 is 10.5 Å². The molecule has 8 heteroatoms. The van der Waals surface area contributed by atoms with Gasteiger partial charge in [-0.25, -0.2) is 4.39 Å². The van der Waals surface area contributed by atoms with Crippen LogP contribution in [0, 0.1) is 19.7 Å². The first-order valence-electron chi connectivity index (χ1n) is 8.44. The summed E-state index contributed by atoms with van der Waals surface area (Å²) in [6, 6.07) is 6.12. The number of benzene rings is 2. The molecule has 0 saturated heterocycles. The highest BCUT2D eigenvalue weighted by molar-refractivity contribution is 5.85. The van der Waals surface area contributed by atoms with Crippen molar-refractivity contribution >= 4 is 18.4 Å². The van der Waals surface area contributed by atoms with Crippen molar-refractivity contribution in [3.63, 3.8) is 0 Å². The lowest BCUT2D eigenvalue weighted by Crippen LogP contribution is -2.20. The highest BCUT2D eigenvalue weighted by Gasteiger charge is 2.37. The normalized spacial score (nSPS) is 12.3. The predicted molar refractivity (Wildman–Crippen MR) is 102 cm³/mol. The number of rotatable bonds is 5. The minimum atomic E-state index is -4.89. The third-order valence-corrected chi connectivity index (χ3v) is 4.27. The number of hydrogen-bond acceptors (Lipinski definition) is 3. The number of esters is 1. The lowest BCUT2D eigenvalue weighted by molar-refractivity contribution is -0.143. The van der Waals surface area contributed by atoms with Gasteiger partial charge in [-0.1, -0.05) is 18.2 Å². The summed E-state index contributed by atoms with van der Waals surface area (Å²) in [4.78, 5) is 11.6. The maximum Gasteiger partial charge on any atom is 0.419 e. The van der Waals surface area contributed by atoms with Gasteiger partial charge in [-0.15, -0.1) is 12.4 Å². The van der Waals surface area contributed by atoms with Crippen LogP contribution in [0.1, 0.15) is 41.6 Å². The van der Waals surface area contributed by atoms with Gasteiger partial charge in [0.1, 0.15) is 5.82 Å². The predicted octanol–water partition coefficient (Wildman–Crippen LogP) is 5.50. The molecule has 0 heterocycles. The largest absolute Gasteiger partial charge is 0.466 e. The molecule has 2 aromatic rings. The maximum atomic E-state index is 14.6. The number of aryl methyl sites for hydroxylation is 2. The zero-order valence-electron chi connectivity index (χ0n) is 15.7. The van der Waals surface area contributed by atoms with Crippen LogP contribution in [0.3, 0.4) is 0 Å². The van der Waals surface area contributed by atoms with E-state index in [9.17, 15) is 22.4 Å². The Morgan fingerprint density at radius 2 is 1.75 bits per heavy atom. The molecule has 0 fully saturated rings. The molecule has 0 aliphatic carbocycles. The molecule has 0 radical (unpaired) electrons. The third kappa shape index (κ3) is 5.23. The number of nitrogens with two attached hydrogens (primary N) is 1. The molecular weight excluding hydrogens is 398 g/mol. The van der Waals surface area contributed by atoms with Crippen LogP contribution in [0.2, 0.25) is 0 Å². The van der Waals surface area contributed by atoms with E-state index < -0.39 is 36.0 Å². The number of carbonyl (C=O) groups excluding carboxylic acids is 1. The zero-order chi connectivity index (χ0) is 20.4. The van der Waals surface area contributed by atoms with E-state index in [1.54, 1.807) is 39.0 Å². The molecule has 154 valence electrons. The number of alkyl halides is 3. The Kier molecular flexibility index (Phi) is 8.02. The fourth-order valence-corrected chi connectivity index (χ4v) is 3.05. The molecule has 3 nitrogen and oxygen atoms in total. The summed E-state index contributed by atoms with van der Waals surface area (Å²) >= 11 is 0. The van der Waals surface area contributed by atoms with E-state index in [-0.39, 0.29) is 30.1 Å². The molecule has 0 bridgehead atoms. The highest BCUT2D eigenvalue weighted by Crippen LogP contribution is 2.39. The Balaban J connectivity index is 0.00000392. The standard InChI is InChI=1S/C20H21F4NO2.ClH/c1-4-27-17(26)10-16(25)14-8-13(9-15(19(14)21)20(22,23)24)18-11(2)6-5-7-12(18)3;/h5-9,16H,4,10,25H2,1-3H3;1H/t16-;/m0./s1. The minimum absolute atomic E-state index is 0. The first-order chi connectivity index (χ1) is 12.6. The Hall–Kier alpha value is -2.12. The quantitative estimate of drug-likeness (QED) is 0.514. The molecule has 2 aromatic carbocycles. The smallest absolute Gasteiger partial charge is 0.419 e. The highest BCUT2D eigenvalue weighted by atomic mass is 35.5. The average molecular weight is 420 g/mol. The molecule has 0 aliphatic rings. The summed E-state index contributed by atoms with van der Waals surface area (Å²) in [5, 5.41) is 0. The Morgan fingerprint density at radius 1 is 1.18 bits per heavy atom. The average Bonchev–Trinajstić information content (AvgIpc) is 2.54. The summed E-state index contributed by atoms with van der Waals surface area (Å²) in [7, 11) is 0. The van der Waals surface area contributed by atoms with Gasteiger partial charge in [0.2, 0.25) is 0 Å². The Labute approximate surface area is 167 Å². The van der Waals surface area contributed by atoms with Crippen LogP contribution in [0.5, 0.6) is 0 Å². The summed E-state index contributed by atoms with van der Waals surface area (Å²) in [5.74, 6) is -2.16. The van der Waals surface area contributed by atoms with Crippen LogP contribution in [-0.4, -0.2) is 12.6 Å². The van der Waals surface area contributed by atoms with Crippen molar-refractivity contribution in [3.05, 3.63) is 58.4 Å². The van der Waals surface area contributed by atoms with Gasteiger partial charge in [-0.05, 0) is 55.2 Å². The van der Waals surface area contributed by atoms with Gasteiger partial charge in [0.05, 0.1) is 18.6 Å². The van der Waals surface area contributed by atoms with E-state index >= 15 is 0 Å². The van der Waals surface area contributed by atoms with Crippen molar-refractivity contribution < 1.29 is 27.1 Å². The van der Waals surface area contributed by atoms with E-state index in [2.05, 4.69) is 0 Å². The van der Waals surface area contributed by atoms with Gasteiger partial charge in [-0.2, -0.15) is 13.2 Å². The van der Waals surface area contributed by atoms with Crippen molar-refractivity contribution in [2.24, 2.45) is 5.73 Å². The molecule has 0 aromatic heterocycles. The number of halogens is 5. The monoisotopic (exact) mass is 419 g/mol. The van der Waals surface area contributed by atoms with Crippen molar-refractivity contribution in [2.45, 2.75) is 39.4 Å². The lowest BCUT2D eigenvalue weighted by atomic mass is 9.90. The maximum absolute atomic E-state index is 14.6. The van der Waals surface area contributed by atoms with Crippen LogP contribution in [0.25, 0.3) is 11.1 Å². The molecule has 0 aliphatic heterocycles. The van der Waals surface area contributed by atoms with E-state index in [1.165, 1.54) is 6.07 Å².